The first-order valence-electron chi connectivity index (χ1n) is 8.80. The molecule has 2 unspecified atom stereocenters. The lowest BCUT2D eigenvalue weighted by molar-refractivity contribution is -0.0835. The Morgan fingerprint density at radius 2 is 2.00 bits per heavy atom. The fourth-order valence-corrected chi connectivity index (χ4v) is 3.38. The Balaban J connectivity index is 0.00000312. The van der Waals surface area contributed by atoms with E-state index >= 15 is 0 Å². The molecule has 25 heavy (non-hydrogen) atoms. The Labute approximate surface area is 168 Å². The molecule has 1 saturated heterocycles. The van der Waals surface area contributed by atoms with E-state index in [1.54, 1.807) is 7.05 Å². The molecule has 1 fully saturated rings. The molecule has 144 valence electrons. The normalized spacial score (nSPS) is 21.6. The van der Waals surface area contributed by atoms with Gasteiger partial charge in [-0.1, -0.05) is 25.9 Å². The maximum atomic E-state index is 6.05. The fraction of sp³-hybridized carbons (Fsp3) is 0.778. The summed E-state index contributed by atoms with van der Waals surface area (Å²) < 4.78 is 11.3. The van der Waals surface area contributed by atoms with Gasteiger partial charge in [-0.05, 0) is 32.1 Å². The maximum Gasteiger partial charge on any atom is 0.191 e. The zero-order valence-corrected chi connectivity index (χ0v) is 18.6. The second-order valence-corrected chi connectivity index (χ2v) is 7.67. The number of hydrogen-bond acceptors (Lipinski definition) is 4. The first-order chi connectivity index (χ1) is 11.3. The molecule has 1 aliphatic rings. The van der Waals surface area contributed by atoms with Gasteiger partial charge in [0.25, 0.3) is 0 Å². The highest BCUT2D eigenvalue weighted by Crippen LogP contribution is 2.33. The molecule has 2 rings (SSSR count). The van der Waals surface area contributed by atoms with E-state index in [1.807, 2.05) is 13.8 Å². The quantitative estimate of drug-likeness (QED) is 0.406. The van der Waals surface area contributed by atoms with Crippen LogP contribution in [-0.4, -0.2) is 37.4 Å². The monoisotopic (exact) mass is 464 g/mol. The number of nitrogens with zero attached hydrogens (tertiary/aromatic N) is 2. The summed E-state index contributed by atoms with van der Waals surface area (Å²) in [6.07, 6.45) is 2.60. The van der Waals surface area contributed by atoms with Crippen molar-refractivity contribution in [2.45, 2.75) is 60.1 Å². The number of halogens is 1. The summed E-state index contributed by atoms with van der Waals surface area (Å²) in [5, 5.41) is 10.8. The summed E-state index contributed by atoms with van der Waals surface area (Å²) in [5.41, 5.74) is 2.16. The van der Waals surface area contributed by atoms with Gasteiger partial charge in [0.1, 0.15) is 5.76 Å². The highest BCUT2D eigenvalue weighted by molar-refractivity contribution is 14.0. The summed E-state index contributed by atoms with van der Waals surface area (Å²) in [4.78, 5) is 4.32. The largest absolute Gasteiger partial charge is 0.377 e. The third-order valence-electron chi connectivity index (χ3n) is 4.67. The summed E-state index contributed by atoms with van der Waals surface area (Å²) in [7, 11) is 1.79. The van der Waals surface area contributed by atoms with Crippen LogP contribution in [0.15, 0.2) is 9.52 Å². The Hall–Kier alpha value is -0.830. The van der Waals surface area contributed by atoms with Gasteiger partial charge in [0, 0.05) is 38.2 Å². The molecule has 0 aliphatic carbocycles. The minimum Gasteiger partial charge on any atom is -0.377 e. The Morgan fingerprint density at radius 3 is 2.56 bits per heavy atom. The van der Waals surface area contributed by atoms with Crippen molar-refractivity contribution in [3.8, 4) is 0 Å². The number of rotatable bonds is 4. The Morgan fingerprint density at radius 1 is 1.28 bits per heavy atom. The van der Waals surface area contributed by atoms with Crippen molar-refractivity contribution in [2.24, 2.45) is 16.3 Å². The molecule has 0 spiro atoms. The number of aromatic nitrogens is 1. The number of nitrogens with one attached hydrogen (secondary N) is 2. The smallest absolute Gasteiger partial charge is 0.191 e. The van der Waals surface area contributed by atoms with E-state index in [2.05, 4.69) is 41.6 Å². The van der Waals surface area contributed by atoms with Gasteiger partial charge in [-0.2, -0.15) is 0 Å². The zero-order valence-electron chi connectivity index (χ0n) is 16.3. The number of hydrogen-bond donors (Lipinski definition) is 2. The molecule has 2 N–H and O–H groups in total. The predicted molar refractivity (Wildman–Crippen MR) is 112 cm³/mol. The van der Waals surface area contributed by atoms with Crippen molar-refractivity contribution < 1.29 is 9.26 Å². The zero-order chi connectivity index (χ0) is 17.7. The molecular formula is C18H33IN4O2. The van der Waals surface area contributed by atoms with Crippen LogP contribution >= 0.6 is 24.0 Å². The molecule has 7 heteroatoms. The summed E-state index contributed by atoms with van der Waals surface area (Å²) in [6, 6.07) is 0. The third-order valence-corrected chi connectivity index (χ3v) is 4.67. The molecular weight excluding hydrogens is 431 g/mol. The highest BCUT2D eigenvalue weighted by Gasteiger charge is 2.35. The van der Waals surface area contributed by atoms with E-state index in [4.69, 9.17) is 9.26 Å². The van der Waals surface area contributed by atoms with Gasteiger partial charge in [0.15, 0.2) is 5.96 Å². The second kappa shape index (κ2) is 9.75. The lowest BCUT2D eigenvalue weighted by Crippen LogP contribution is -2.47. The van der Waals surface area contributed by atoms with Crippen LogP contribution in [0, 0.1) is 25.2 Å². The van der Waals surface area contributed by atoms with Gasteiger partial charge in [-0.3, -0.25) is 4.99 Å². The summed E-state index contributed by atoms with van der Waals surface area (Å²) >= 11 is 0. The third kappa shape index (κ3) is 6.13. The molecule has 1 aliphatic heterocycles. The molecule has 0 bridgehead atoms. The second-order valence-electron chi connectivity index (χ2n) is 7.67. The van der Waals surface area contributed by atoms with Gasteiger partial charge >= 0.3 is 0 Å². The van der Waals surface area contributed by atoms with Crippen LogP contribution in [0.1, 0.15) is 50.6 Å². The number of guanidine groups is 1. The van der Waals surface area contributed by atoms with E-state index in [0.717, 1.165) is 42.5 Å². The van der Waals surface area contributed by atoms with E-state index < -0.39 is 0 Å². The lowest BCUT2D eigenvalue weighted by atomic mass is 9.78. The Kier molecular flexibility index (Phi) is 8.67. The average molecular weight is 464 g/mol. The van der Waals surface area contributed by atoms with Crippen molar-refractivity contribution in [2.75, 3.05) is 20.2 Å². The van der Waals surface area contributed by atoms with Crippen molar-refractivity contribution in [3.63, 3.8) is 0 Å². The molecule has 1 aromatic rings. The van der Waals surface area contributed by atoms with Crippen LogP contribution in [0.2, 0.25) is 0 Å². The lowest BCUT2D eigenvalue weighted by Gasteiger charge is -2.40. The van der Waals surface area contributed by atoms with Crippen LogP contribution in [0.3, 0.4) is 0 Å². The summed E-state index contributed by atoms with van der Waals surface area (Å²) in [6.45, 7) is 13.0. The minimum absolute atomic E-state index is 0. The molecule has 1 aromatic heterocycles. The molecule has 2 heterocycles. The van der Waals surface area contributed by atoms with Crippen molar-refractivity contribution >= 4 is 29.9 Å². The first kappa shape index (κ1) is 22.2. The Bertz CT molecular complexity index is 546. The van der Waals surface area contributed by atoms with Crippen LogP contribution < -0.4 is 10.6 Å². The minimum atomic E-state index is 0. The molecule has 0 amide bonds. The predicted octanol–water partition coefficient (Wildman–Crippen LogP) is 3.42. The van der Waals surface area contributed by atoms with Crippen molar-refractivity contribution in [1.29, 1.82) is 0 Å². The molecule has 6 nitrogen and oxygen atoms in total. The topological polar surface area (TPSA) is 71.7 Å². The van der Waals surface area contributed by atoms with Crippen LogP contribution in [0.5, 0.6) is 0 Å². The van der Waals surface area contributed by atoms with Gasteiger partial charge in [-0.15, -0.1) is 24.0 Å². The fourth-order valence-electron chi connectivity index (χ4n) is 3.38. The van der Waals surface area contributed by atoms with E-state index in [9.17, 15) is 0 Å². The number of aryl methyl sites for hydroxylation is 2. The van der Waals surface area contributed by atoms with Crippen LogP contribution in [-0.2, 0) is 11.3 Å². The molecule has 0 saturated carbocycles. The number of ether oxygens (including phenoxy) is 1. The maximum absolute atomic E-state index is 6.05. The molecule has 0 aromatic carbocycles. The van der Waals surface area contributed by atoms with Gasteiger partial charge in [0.05, 0.1) is 11.8 Å². The summed E-state index contributed by atoms with van der Waals surface area (Å²) in [5.74, 6) is 2.15. The number of aliphatic imine (C=N–C) groups is 1. The van der Waals surface area contributed by atoms with E-state index in [1.165, 1.54) is 6.42 Å². The molecule has 2 atom stereocenters. The van der Waals surface area contributed by atoms with E-state index in [-0.39, 0.29) is 35.5 Å². The van der Waals surface area contributed by atoms with E-state index in [0.29, 0.717) is 12.5 Å². The standard InChI is InChI=1S/C18H32N4O2.HI/c1-12-15(13(2)24-22-12)11-21-17(19-6)20-10-14-8-7-9-23-16(14)18(3,4)5;/h14,16H,7-11H2,1-6H3,(H2,19,20,21);1H. The van der Waals surface area contributed by atoms with Crippen molar-refractivity contribution in [1.82, 2.24) is 15.8 Å². The average Bonchev–Trinajstić information content (AvgIpc) is 2.86. The van der Waals surface area contributed by atoms with Gasteiger partial charge in [-0.25, -0.2) is 0 Å². The van der Waals surface area contributed by atoms with Gasteiger partial charge < -0.3 is 19.9 Å². The van der Waals surface area contributed by atoms with Crippen LogP contribution in [0.4, 0.5) is 0 Å². The van der Waals surface area contributed by atoms with Crippen LogP contribution in [0.25, 0.3) is 0 Å². The van der Waals surface area contributed by atoms with Gasteiger partial charge in [0.2, 0.25) is 0 Å². The molecule has 0 radical (unpaired) electrons. The van der Waals surface area contributed by atoms with Crippen molar-refractivity contribution in [3.05, 3.63) is 17.0 Å². The highest BCUT2D eigenvalue weighted by atomic mass is 127. The SMILES string of the molecule is CN=C(NCc1c(C)noc1C)NCC1CCCOC1C(C)(C)C.I. The first-order valence-corrected chi connectivity index (χ1v) is 8.80.